The van der Waals surface area contributed by atoms with Gasteiger partial charge < -0.3 is 15.1 Å². The number of piperidine rings is 1. The average molecular weight is 537 g/mol. The summed E-state index contributed by atoms with van der Waals surface area (Å²) in [4.78, 5) is 30.1. The van der Waals surface area contributed by atoms with Gasteiger partial charge in [0.2, 0.25) is 10.0 Å². The molecule has 0 amide bonds. The Morgan fingerprint density at radius 2 is 1.74 bits per heavy atom. The van der Waals surface area contributed by atoms with E-state index in [0.29, 0.717) is 28.5 Å². The van der Waals surface area contributed by atoms with Crippen LogP contribution in [-0.2, 0) is 21.4 Å². The number of nitrogens with zero attached hydrogens (tertiary/aromatic N) is 1. The summed E-state index contributed by atoms with van der Waals surface area (Å²) in [6, 6.07) is 17.9. The first kappa shape index (κ1) is 26.1. The summed E-state index contributed by atoms with van der Waals surface area (Å²) in [5, 5.41) is 9.16. The third kappa shape index (κ3) is 5.38. The van der Waals surface area contributed by atoms with Gasteiger partial charge in [-0.15, -0.1) is 0 Å². The number of carbonyl (C=O) groups is 1. The van der Waals surface area contributed by atoms with Crippen LogP contribution in [0.5, 0.6) is 0 Å². The lowest BCUT2D eigenvalue weighted by atomic mass is 9.97. The van der Waals surface area contributed by atoms with Crippen molar-refractivity contribution in [1.82, 2.24) is 19.6 Å². The molecule has 38 heavy (non-hydrogen) atoms. The third-order valence-electron chi connectivity index (χ3n) is 7.53. The zero-order chi connectivity index (χ0) is 26.9. The largest absolute Gasteiger partial charge is 0.481 e. The number of carboxylic acids is 1. The van der Waals surface area contributed by atoms with E-state index in [9.17, 15) is 18.0 Å². The van der Waals surface area contributed by atoms with Crippen LogP contribution in [0.15, 0.2) is 70.5 Å². The molecule has 0 radical (unpaired) electrons. The molecule has 0 aliphatic carbocycles. The molecule has 2 aromatic heterocycles. The van der Waals surface area contributed by atoms with Crippen molar-refractivity contribution in [3.8, 4) is 0 Å². The van der Waals surface area contributed by atoms with Crippen molar-refractivity contribution in [2.45, 2.75) is 68.6 Å². The van der Waals surface area contributed by atoms with E-state index in [2.05, 4.69) is 43.9 Å². The Morgan fingerprint density at radius 3 is 2.39 bits per heavy atom. The number of H-pyrrole nitrogens is 2. The fraction of sp³-hybridized carbons (Fsp3) is 0.357. The lowest BCUT2D eigenvalue weighted by Crippen LogP contribution is -2.49. The lowest BCUT2D eigenvalue weighted by molar-refractivity contribution is -0.136. The lowest BCUT2D eigenvalue weighted by Gasteiger charge is -2.39. The minimum atomic E-state index is -3.68. The summed E-state index contributed by atoms with van der Waals surface area (Å²) in [7, 11) is -3.68. The summed E-state index contributed by atoms with van der Waals surface area (Å²) in [6.45, 7) is 2.52. The molecule has 2 aliphatic rings. The van der Waals surface area contributed by atoms with Gasteiger partial charge in [0.15, 0.2) is 0 Å². The summed E-state index contributed by atoms with van der Waals surface area (Å²) in [6.07, 6.45) is 5.80. The number of sulfonamides is 1. The van der Waals surface area contributed by atoms with E-state index >= 15 is 0 Å². The molecule has 4 heterocycles. The fourth-order valence-electron chi connectivity index (χ4n) is 5.70. The summed E-state index contributed by atoms with van der Waals surface area (Å²) < 4.78 is 29.6. The van der Waals surface area contributed by atoms with Crippen molar-refractivity contribution in [1.29, 1.82) is 0 Å². The SMILES string of the molecule is CCC(=O)O.O=c1[nH]c2ccc(S(=O)(=O)NC3CC4CCC(C3)N4Cc3ccccc3)cc2c2cc[nH]c12. The zero-order valence-corrected chi connectivity index (χ0v) is 22.0. The van der Waals surface area contributed by atoms with Crippen LogP contribution in [0.25, 0.3) is 21.8 Å². The fourth-order valence-corrected chi connectivity index (χ4v) is 6.99. The van der Waals surface area contributed by atoms with Crippen molar-refractivity contribution in [2.75, 3.05) is 0 Å². The number of pyridine rings is 1. The normalized spacial score (nSPS) is 21.3. The summed E-state index contributed by atoms with van der Waals surface area (Å²) >= 11 is 0. The monoisotopic (exact) mass is 536 g/mol. The molecule has 9 nitrogen and oxygen atoms in total. The number of benzene rings is 2. The van der Waals surface area contributed by atoms with Gasteiger partial charge in [0.25, 0.3) is 5.56 Å². The Bertz CT molecular complexity index is 1600. The second-order valence-electron chi connectivity index (χ2n) is 10.0. The van der Waals surface area contributed by atoms with Gasteiger partial charge in [-0.1, -0.05) is 37.3 Å². The molecule has 2 bridgehead atoms. The molecule has 4 N–H and O–H groups in total. The van der Waals surface area contributed by atoms with Crippen molar-refractivity contribution in [3.05, 3.63) is 76.7 Å². The van der Waals surface area contributed by atoms with Gasteiger partial charge in [0, 0.05) is 53.6 Å². The Balaban J connectivity index is 0.000000540. The Kier molecular flexibility index (Phi) is 7.38. The number of fused-ring (bicyclic) bond motifs is 5. The van der Waals surface area contributed by atoms with Crippen LogP contribution >= 0.6 is 0 Å². The average Bonchev–Trinajstić information content (AvgIpc) is 3.48. The van der Waals surface area contributed by atoms with Crippen LogP contribution in [0.1, 0.15) is 44.6 Å². The molecule has 10 heteroatoms. The molecule has 0 saturated carbocycles. The highest BCUT2D eigenvalue weighted by molar-refractivity contribution is 7.89. The van der Waals surface area contributed by atoms with Crippen molar-refractivity contribution in [2.24, 2.45) is 0 Å². The van der Waals surface area contributed by atoms with E-state index in [0.717, 1.165) is 37.6 Å². The third-order valence-corrected chi connectivity index (χ3v) is 9.05. The maximum atomic E-state index is 13.3. The number of carboxylic acid groups (broad SMARTS) is 1. The number of hydrogen-bond donors (Lipinski definition) is 4. The molecule has 2 aromatic carbocycles. The van der Waals surface area contributed by atoms with E-state index in [4.69, 9.17) is 5.11 Å². The predicted molar refractivity (Wildman–Crippen MR) is 146 cm³/mol. The van der Waals surface area contributed by atoms with Gasteiger partial charge >= 0.3 is 5.97 Å². The van der Waals surface area contributed by atoms with Crippen molar-refractivity contribution >= 4 is 37.8 Å². The molecule has 200 valence electrons. The van der Waals surface area contributed by atoms with Gasteiger partial charge in [0.05, 0.1) is 4.90 Å². The highest BCUT2D eigenvalue weighted by Crippen LogP contribution is 2.37. The van der Waals surface area contributed by atoms with E-state index < -0.39 is 16.0 Å². The van der Waals surface area contributed by atoms with Gasteiger partial charge in [-0.2, -0.15) is 0 Å². The molecule has 2 unspecified atom stereocenters. The van der Waals surface area contributed by atoms with E-state index in [-0.39, 0.29) is 22.9 Å². The highest BCUT2D eigenvalue weighted by atomic mass is 32.2. The second kappa shape index (κ2) is 10.7. The molecular weight excluding hydrogens is 504 g/mol. The molecule has 2 atom stereocenters. The highest BCUT2D eigenvalue weighted by Gasteiger charge is 2.41. The van der Waals surface area contributed by atoms with Crippen LogP contribution in [0.2, 0.25) is 0 Å². The van der Waals surface area contributed by atoms with E-state index in [1.165, 1.54) is 5.56 Å². The quantitative estimate of drug-likeness (QED) is 0.295. The Hall–Kier alpha value is -3.47. The first-order valence-electron chi connectivity index (χ1n) is 12.9. The van der Waals surface area contributed by atoms with Crippen LogP contribution in [-0.4, -0.2) is 52.5 Å². The number of aliphatic carboxylic acids is 1. The maximum Gasteiger partial charge on any atom is 0.303 e. The second-order valence-corrected chi connectivity index (χ2v) is 11.7. The van der Waals surface area contributed by atoms with Crippen molar-refractivity contribution < 1.29 is 18.3 Å². The summed E-state index contributed by atoms with van der Waals surface area (Å²) in [5.41, 5.74) is 2.17. The first-order valence-corrected chi connectivity index (χ1v) is 14.4. The smallest absolute Gasteiger partial charge is 0.303 e. The molecule has 2 fully saturated rings. The maximum absolute atomic E-state index is 13.3. The molecule has 0 spiro atoms. The summed E-state index contributed by atoms with van der Waals surface area (Å²) in [5.74, 6) is -0.745. The molecule has 6 rings (SSSR count). The van der Waals surface area contributed by atoms with Crippen molar-refractivity contribution in [3.63, 3.8) is 0 Å². The zero-order valence-electron chi connectivity index (χ0n) is 21.2. The minimum absolute atomic E-state index is 0.0712. The Labute approximate surface area is 220 Å². The number of aromatic amines is 2. The topological polar surface area (TPSA) is 135 Å². The van der Waals surface area contributed by atoms with E-state index in [1.54, 1.807) is 37.4 Å². The minimum Gasteiger partial charge on any atom is -0.481 e. The van der Waals surface area contributed by atoms with Gasteiger partial charge in [0.1, 0.15) is 5.52 Å². The van der Waals surface area contributed by atoms with Crippen LogP contribution < -0.4 is 10.3 Å². The molecule has 4 aromatic rings. The predicted octanol–water partition coefficient (Wildman–Crippen LogP) is 3.96. The molecular formula is C28H32N4O5S. The molecule has 2 aliphatic heterocycles. The van der Waals surface area contributed by atoms with Crippen LogP contribution in [0.4, 0.5) is 0 Å². The Morgan fingerprint density at radius 1 is 1.05 bits per heavy atom. The van der Waals surface area contributed by atoms with Crippen LogP contribution in [0, 0.1) is 0 Å². The van der Waals surface area contributed by atoms with Gasteiger partial charge in [-0.25, -0.2) is 13.1 Å². The van der Waals surface area contributed by atoms with E-state index in [1.807, 2.05) is 6.07 Å². The first-order chi connectivity index (χ1) is 18.2. The number of rotatable bonds is 6. The standard InChI is InChI=1S/C25H26N4O3S.C3H6O2/c30-25-24-21(10-11-26-24)22-14-20(8-9-23(22)27-25)33(31,32)28-17-12-18-6-7-19(13-17)29(18)15-16-4-2-1-3-5-16;1-2-3(4)5/h1-5,8-11,14,17-19,26,28H,6-7,12-13,15H2,(H,27,30);2H2,1H3,(H,4,5). The van der Waals surface area contributed by atoms with Gasteiger partial charge in [-0.3, -0.25) is 14.5 Å². The number of nitrogens with one attached hydrogen (secondary N) is 3. The van der Waals surface area contributed by atoms with Crippen LogP contribution in [0.3, 0.4) is 0 Å². The number of hydrogen-bond acceptors (Lipinski definition) is 5. The molecule has 2 saturated heterocycles. The number of aromatic nitrogens is 2. The van der Waals surface area contributed by atoms with Gasteiger partial charge in [-0.05, 0) is 55.5 Å².